The topological polar surface area (TPSA) is 81.4 Å². The lowest BCUT2D eigenvalue weighted by Gasteiger charge is -2.06. The molecule has 0 aliphatic carbocycles. The molecule has 4 aromatic rings. The third-order valence-corrected chi connectivity index (χ3v) is 4.69. The van der Waals surface area contributed by atoms with Crippen LogP contribution in [0.15, 0.2) is 60.7 Å². The Labute approximate surface area is 172 Å². The Hall–Kier alpha value is -3.81. The van der Waals surface area contributed by atoms with E-state index in [0.29, 0.717) is 30.0 Å². The van der Waals surface area contributed by atoms with Gasteiger partial charge in [-0.1, -0.05) is 12.1 Å². The van der Waals surface area contributed by atoms with Crippen LogP contribution in [0.25, 0.3) is 16.9 Å². The van der Waals surface area contributed by atoms with Gasteiger partial charge >= 0.3 is 0 Å². The maximum absolute atomic E-state index is 13.2. The van der Waals surface area contributed by atoms with Crippen molar-refractivity contribution in [3.63, 3.8) is 0 Å². The molecule has 0 saturated carbocycles. The predicted molar refractivity (Wildman–Crippen MR) is 109 cm³/mol. The van der Waals surface area contributed by atoms with E-state index < -0.39 is 0 Å². The lowest BCUT2D eigenvalue weighted by molar-refractivity contribution is -0.121. The fourth-order valence-corrected chi connectivity index (χ4v) is 3.07. The van der Waals surface area contributed by atoms with Crippen LogP contribution in [0.1, 0.15) is 17.8 Å². The number of benzene rings is 2. The highest BCUT2D eigenvalue weighted by Gasteiger charge is 2.11. The van der Waals surface area contributed by atoms with Crippen LogP contribution in [0.2, 0.25) is 0 Å². The summed E-state index contributed by atoms with van der Waals surface area (Å²) in [7, 11) is 1.62. The maximum Gasteiger partial charge on any atom is 0.220 e. The minimum absolute atomic E-state index is 0.0933. The van der Waals surface area contributed by atoms with Gasteiger partial charge in [0, 0.05) is 12.0 Å². The number of nitrogens with zero attached hydrogens (tertiary/aromatic N) is 4. The Bertz CT molecular complexity index is 1170. The lowest BCUT2D eigenvalue weighted by Crippen LogP contribution is -2.24. The van der Waals surface area contributed by atoms with E-state index in [4.69, 9.17) is 4.74 Å². The molecule has 0 radical (unpaired) electrons. The molecule has 1 N–H and O–H groups in total. The molecule has 0 spiro atoms. The van der Waals surface area contributed by atoms with Gasteiger partial charge in [-0.25, -0.2) is 4.39 Å². The van der Waals surface area contributed by atoms with Crippen LogP contribution in [0.4, 0.5) is 4.39 Å². The third-order valence-electron chi connectivity index (χ3n) is 4.69. The number of carbonyl (C=O) groups is 1. The molecule has 1 amide bonds. The number of fused-ring (bicyclic) bond motifs is 1. The predicted octanol–water partition coefficient (Wildman–Crippen LogP) is 3.19. The molecule has 8 heteroatoms. The number of carbonyl (C=O) groups excluding carboxylic acids is 1. The summed E-state index contributed by atoms with van der Waals surface area (Å²) in [6.45, 7) is 0.206. The van der Waals surface area contributed by atoms with Crippen molar-refractivity contribution in [3.8, 4) is 17.0 Å². The molecule has 7 nitrogen and oxygen atoms in total. The summed E-state index contributed by atoms with van der Waals surface area (Å²) in [5.41, 5.74) is 3.04. The zero-order chi connectivity index (χ0) is 20.9. The van der Waals surface area contributed by atoms with E-state index in [-0.39, 0.29) is 18.3 Å². The summed E-state index contributed by atoms with van der Waals surface area (Å²) in [6, 6.07) is 17.3. The van der Waals surface area contributed by atoms with Crippen molar-refractivity contribution in [2.45, 2.75) is 19.4 Å². The minimum atomic E-state index is -0.304. The normalized spacial score (nSPS) is 10.9. The number of methoxy groups -OCH3 is 1. The van der Waals surface area contributed by atoms with Gasteiger partial charge in [0.2, 0.25) is 5.91 Å². The van der Waals surface area contributed by atoms with E-state index in [1.807, 2.05) is 24.3 Å². The SMILES string of the molecule is COc1cccc(CCC(=O)NCc2nnc3ccc(-c4ccc(F)cc4)nn23)c1. The molecule has 2 heterocycles. The number of aryl methyl sites for hydroxylation is 1. The van der Waals surface area contributed by atoms with Crippen LogP contribution in [0, 0.1) is 5.82 Å². The molecule has 0 saturated heterocycles. The summed E-state index contributed by atoms with van der Waals surface area (Å²) in [5.74, 6) is 0.889. The Morgan fingerprint density at radius 3 is 2.73 bits per heavy atom. The molecular formula is C22H20FN5O2. The largest absolute Gasteiger partial charge is 0.497 e. The number of nitrogens with one attached hydrogen (secondary N) is 1. The quantitative estimate of drug-likeness (QED) is 0.511. The second-order valence-corrected chi connectivity index (χ2v) is 6.74. The van der Waals surface area contributed by atoms with Gasteiger partial charge in [0.15, 0.2) is 11.5 Å². The number of aromatic nitrogens is 4. The molecule has 4 rings (SSSR count). The van der Waals surface area contributed by atoms with Gasteiger partial charge in [0.05, 0.1) is 19.3 Å². The van der Waals surface area contributed by atoms with Gasteiger partial charge in [0.1, 0.15) is 11.6 Å². The van der Waals surface area contributed by atoms with Gasteiger partial charge in [-0.15, -0.1) is 10.2 Å². The number of rotatable bonds is 7. The summed E-state index contributed by atoms with van der Waals surface area (Å²) < 4.78 is 19.9. The Balaban J connectivity index is 1.41. The first-order valence-electron chi connectivity index (χ1n) is 9.49. The van der Waals surface area contributed by atoms with Gasteiger partial charge in [-0.2, -0.15) is 9.61 Å². The first-order valence-corrected chi connectivity index (χ1v) is 9.49. The van der Waals surface area contributed by atoms with Crippen LogP contribution in [-0.2, 0) is 17.8 Å². The van der Waals surface area contributed by atoms with E-state index in [1.54, 1.807) is 35.9 Å². The van der Waals surface area contributed by atoms with Crippen molar-refractivity contribution in [2.24, 2.45) is 0 Å². The van der Waals surface area contributed by atoms with Crippen molar-refractivity contribution in [1.29, 1.82) is 0 Å². The summed E-state index contributed by atoms with van der Waals surface area (Å²) in [4.78, 5) is 12.3. The maximum atomic E-state index is 13.2. The monoisotopic (exact) mass is 405 g/mol. The highest BCUT2D eigenvalue weighted by molar-refractivity contribution is 5.76. The molecule has 152 valence electrons. The molecule has 0 bridgehead atoms. The van der Waals surface area contributed by atoms with Gasteiger partial charge < -0.3 is 10.1 Å². The van der Waals surface area contributed by atoms with Crippen molar-refractivity contribution < 1.29 is 13.9 Å². The Morgan fingerprint density at radius 2 is 1.93 bits per heavy atom. The number of hydrogen-bond donors (Lipinski definition) is 1. The molecule has 0 aliphatic heterocycles. The summed E-state index contributed by atoms with van der Waals surface area (Å²) in [5, 5.41) is 15.6. The van der Waals surface area contributed by atoms with Gasteiger partial charge in [-0.05, 0) is 60.5 Å². The van der Waals surface area contributed by atoms with Crippen LogP contribution in [-0.4, -0.2) is 32.8 Å². The highest BCUT2D eigenvalue weighted by Crippen LogP contribution is 2.18. The zero-order valence-corrected chi connectivity index (χ0v) is 16.4. The second kappa shape index (κ2) is 8.69. The Kier molecular flexibility index (Phi) is 5.65. The molecule has 0 fully saturated rings. The van der Waals surface area contributed by atoms with Gasteiger partial charge in [0.25, 0.3) is 0 Å². The molecule has 0 atom stereocenters. The summed E-state index contributed by atoms with van der Waals surface area (Å²) in [6.07, 6.45) is 0.953. The Morgan fingerprint density at radius 1 is 1.10 bits per heavy atom. The molecule has 0 unspecified atom stereocenters. The second-order valence-electron chi connectivity index (χ2n) is 6.74. The van der Waals surface area contributed by atoms with E-state index in [9.17, 15) is 9.18 Å². The van der Waals surface area contributed by atoms with Crippen molar-refractivity contribution in [2.75, 3.05) is 7.11 Å². The number of halogens is 1. The van der Waals surface area contributed by atoms with Crippen LogP contribution >= 0.6 is 0 Å². The van der Waals surface area contributed by atoms with Gasteiger partial charge in [-0.3, -0.25) is 4.79 Å². The number of ether oxygens (including phenoxy) is 1. The standard InChI is InChI=1S/C22H20FN5O2/c1-30-18-4-2-3-15(13-18)5-12-22(29)24-14-21-26-25-20-11-10-19(27-28(20)21)16-6-8-17(23)9-7-16/h2-4,6-11,13H,5,12,14H2,1H3,(H,24,29). The number of amides is 1. The molecule has 30 heavy (non-hydrogen) atoms. The zero-order valence-electron chi connectivity index (χ0n) is 16.4. The van der Waals surface area contributed by atoms with Crippen molar-refractivity contribution >= 4 is 11.6 Å². The van der Waals surface area contributed by atoms with Crippen LogP contribution in [0.5, 0.6) is 5.75 Å². The lowest BCUT2D eigenvalue weighted by atomic mass is 10.1. The molecule has 0 aliphatic rings. The average molecular weight is 405 g/mol. The fraction of sp³-hybridized carbons (Fsp3) is 0.182. The van der Waals surface area contributed by atoms with E-state index >= 15 is 0 Å². The third kappa shape index (κ3) is 4.43. The van der Waals surface area contributed by atoms with E-state index in [1.165, 1.54) is 12.1 Å². The van der Waals surface area contributed by atoms with Crippen LogP contribution < -0.4 is 10.1 Å². The minimum Gasteiger partial charge on any atom is -0.497 e. The van der Waals surface area contributed by atoms with E-state index in [0.717, 1.165) is 16.9 Å². The fourth-order valence-electron chi connectivity index (χ4n) is 3.07. The molecule has 2 aromatic carbocycles. The van der Waals surface area contributed by atoms with E-state index in [2.05, 4.69) is 20.6 Å². The highest BCUT2D eigenvalue weighted by atomic mass is 19.1. The average Bonchev–Trinajstić information content (AvgIpc) is 3.19. The van der Waals surface area contributed by atoms with Crippen molar-refractivity contribution in [3.05, 3.63) is 77.9 Å². The molecular weight excluding hydrogens is 385 g/mol. The van der Waals surface area contributed by atoms with Crippen LogP contribution in [0.3, 0.4) is 0 Å². The smallest absolute Gasteiger partial charge is 0.220 e. The first-order chi connectivity index (χ1) is 14.6. The number of hydrogen-bond acceptors (Lipinski definition) is 5. The molecule has 2 aromatic heterocycles. The van der Waals surface area contributed by atoms with Crippen molar-refractivity contribution in [1.82, 2.24) is 25.1 Å². The summed E-state index contributed by atoms with van der Waals surface area (Å²) >= 11 is 0. The first kappa shape index (κ1) is 19.5.